The Morgan fingerprint density at radius 1 is 1.30 bits per heavy atom. The van der Waals surface area contributed by atoms with E-state index in [0.29, 0.717) is 10.8 Å². The maximum Gasteiger partial charge on any atom is 0.413 e. The van der Waals surface area contributed by atoms with E-state index in [4.69, 9.17) is 4.74 Å². The number of thiazole rings is 1. The fourth-order valence-corrected chi connectivity index (χ4v) is 2.44. The third kappa shape index (κ3) is 4.82. The lowest BCUT2D eigenvalue weighted by Crippen LogP contribution is -2.27. The van der Waals surface area contributed by atoms with Gasteiger partial charge in [-0.15, -0.1) is 11.3 Å². The van der Waals surface area contributed by atoms with Crippen molar-refractivity contribution in [3.8, 4) is 0 Å². The van der Waals surface area contributed by atoms with Crippen molar-refractivity contribution in [3.05, 3.63) is 29.0 Å². The number of nitrogens with one attached hydrogen (secondary N) is 2. The van der Waals surface area contributed by atoms with E-state index in [1.54, 1.807) is 26.2 Å². The van der Waals surface area contributed by atoms with Crippen LogP contribution in [0.2, 0.25) is 0 Å². The molecule has 0 spiro atoms. The van der Waals surface area contributed by atoms with E-state index >= 15 is 0 Å². The number of hydrogen-bond donors (Lipinski definition) is 2. The fourth-order valence-electron chi connectivity index (χ4n) is 1.76. The summed E-state index contributed by atoms with van der Waals surface area (Å²) >= 11 is 1.16. The Kier molecular flexibility index (Phi) is 4.74. The Balaban J connectivity index is 1.98. The van der Waals surface area contributed by atoms with Crippen LogP contribution in [0.4, 0.5) is 15.6 Å². The van der Waals surface area contributed by atoms with Crippen LogP contribution in [0.1, 0.15) is 37.0 Å². The van der Waals surface area contributed by atoms with Gasteiger partial charge in [0, 0.05) is 24.3 Å². The first-order valence-corrected chi connectivity index (χ1v) is 7.92. The average Bonchev–Trinajstić information content (AvgIpc) is 2.95. The number of carbonyl (C=O) groups excluding carboxylic acids is 2. The van der Waals surface area contributed by atoms with Gasteiger partial charge in [-0.2, -0.15) is 0 Å². The molecule has 0 saturated heterocycles. The summed E-state index contributed by atoms with van der Waals surface area (Å²) in [5, 5.41) is 7.17. The van der Waals surface area contributed by atoms with Gasteiger partial charge in [-0.05, 0) is 33.8 Å². The maximum atomic E-state index is 12.1. The van der Waals surface area contributed by atoms with Crippen LogP contribution in [-0.2, 0) is 11.8 Å². The fraction of sp³-hybridized carbons (Fsp3) is 0.400. The van der Waals surface area contributed by atoms with Crippen LogP contribution >= 0.6 is 11.3 Å². The lowest BCUT2D eigenvalue weighted by atomic mass is 10.2. The van der Waals surface area contributed by atoms with E-state index in [9.17, 15) is 9.59 Å². The summed E-state index contributed by atoms with van der Waals surface area (Å²) in [4.78, 5) is 27.9. The SMILES string of the molecule is Cc1cc(NC(=O)c2csc(NC(=O)OC(C)(C)C)n2)cn1C. The quantitative estimate of drug-likeness (QED) is 0.899. The van der Waals surface area contributed by atoms with Gasteiger partial charge in [-0.25, -0.2) is 9.78 Å². The normalized spacial score (nSPS) is 11.2. The third-order valence-corrected chi connectivity index (χ3v) is 3.61. The first-order chi connectivity index (χ1) is 10.6. The molecule has 0 saturated carbocycles. The van der Waals surface area contributed by atoms with Crippen molar-refractivity contribution < 1.29 is 14.3 Å². The molecule has 0 bridgehead atoms. The first-order valence-electron chi connectivity index (χ1n) is 7.04. The highest BCUT2D eigenvalue weighted by Gasteiger charge is 2.18. The molecule has 0 aliphatic rings. The van der Waals surface area contributed by atoms with Gasteiger partial charge in [-0.3, -0.25) is 10.1 Å². The van der Waals surface area contributed by atoms with Crippen LogP contribution in [0.15, 0.2) is 17.6 Å². The van der Waals surface area contributed by atoms with Gasteiger partial charge in [0.05, 0.1) is 5.69 Å². The predicted octanol–water partition coefficient (Wildman–Crippen LogP) is 3.39. The first kappa shape index (κ1) is 17.0. The van der Waals surface area contributed by atoms with Gasteiger partial charge in [0.15, 0.2) is 5.13 Å². The van der Waals surface area contributed by atoms with Crippen LogP contribution in [0.5, 0.6) is 0 Å². The molecule has 0 aliphatic carbocycles. The molecule has 2 N–H and O–H groups in total. The van der Waals surface area contributed by atoms with E-state index in [0.717, 1.165) is 17.0 Å². The van der Waals surface area contributed by atoms with Crippen molar-refractivity contribution in [1.29, 1.82) is 0 Å². The molecule has 0 radical (unpaired) electrons. The molecule has 0 fully saturated rings. The van der Waals surface area contributed by atoms with Gasteiger partial charge in [0.1, 0.15) is 11.3 Å². The molecular weight excluding hydrogens is 316 g/mol. The van der Waals surface area contributed by atoms with Crippen molar-refractivity contribution >= 4 is 34.2 Å². The molecule has 2 aromatic heterocycles. The Labute approximate surface area is 138 Å². The van der Waals surface area contributed by atoms with Gasteiger partial charge >= 0.3 is 6.09 Å². The third-order valence-electron chi connectivity index (χ3n) is 2.86. The number of rotatable bonds is 3. The number of nitrogens with zero attached hydrogens (tertiary/aromatic N) is 2. The summed E-state index contributed by atoms with van der Waals surface area (Å²) in [6.45, 7) is 7.26. The van der Waals surface area contributed by atoms with Crippen molar-refractivity contribution in [2.75, 3.05) is 10.6 Å². The molecule has 2 rings (SSSR count). The molecule has 0 atom stereocenters. The summed E-state index contributed by atoms with van der Waals surface area (Å²) < 4.78 is 7.05. The molecule has 0 aliphatic heterocycles. The number of aryl methyl sites for hydroxylation is 2. The van der Waals surface area contributed by atoms with Gasteiger partial charge in [-0.1, -0.05) is 0 Å². The van der Waals surface area contributed by atoms with Crippen LogP contribution < -0.4 is 10.6 Å². The lowest BCUT2D eigenvalue weighted by molar-refractivity contribution is 0.0635. The monoisotopic (exact) mass is 336 g/mol. The van der Waals surface area contributed by atoms with Crippen LogP contribution in [0, 0.1) is 6.92 Å². The minimum Gasteiger partial charge on any atom is -0.444 e. The number of ether oxygens (including phenoxy) is 1. The van der Waals surface area contributed by atoms with E-state index in [1.165, 1.54) is 0 Å². The van der Waals surface area contributed by atoms with E-state index in [1.807, 2.05) is 30.8 Å². The molecule has 7 nitrogen and oxygen atoms in total. The zero-order valence-corrected chi connectivity index (χ0v) is 14.6. The topological polar surface area (TPSA) is 85.2 Å². The van der Waals surface area contributed by atoms with Gasteiger partial charge in [0.25, 0.3) is 5.91 Å². The molecule has 8 heteroatoms. The van der Waals surface area contributed by atoms with Crippen LogP contribution in [0.25, 0.3) is 0 Å². The van der Waals surface area contributed by atoms with E-state index in [2.05, 4.69) is 15.6 Å². The van der Waals surface area contributed by atoms with Gasteiger partial charge in [0.2, 0.25) is 0 Å². The zero-order valence-electron chi connectivity index (χ0n) is 13.8. The minimum absolute atomic E-state index is 0.238. The molecule has 23 heavy (non-hydrogen) atoms. The standard InChI is InChI=1S/C15H20N4O3S/c1-9-6-10(7-19(9)5)16-12(20)11-8-23-13(17-11)18-14(21)22-15(2,3)4/h6-8H,1-5H3,(H,16,20)(H,17,18,21). The van der Waals surface area contributed by atoms with Gasteiger partial charge < -0.3 is 14.6 Å². The molecular formula is C15H20N4O3S. The zero-order chi connectivity index (χ0) is 17.2. The lowest BCUT2D eigenvalue weighted by Gasteiger charge is -2.18. The average molecular weight is 336 g/mol. The highest BCUT2D eigenvalue weighted by atomic mass is 32.1. The summed E-state index contributed by atoms with van der Waals surface area (Å²) in [5.74, 6) is -0.330. The second-order valence-corrected chi connectivity index (χ2v) is 6.96. The van der Waals surface area contributed by atoms with Crippen molar-refractivity contribution in [2.24, 2.45) is 7.05 Å². The highest BCUT2D eigenvalue weighted by Crippen LogP contribution is 2.19. The van der Waals surface area contributed by atoms with E-state index in [-0.39, 0.29) is 11.6 Å². The van der Waals surface area contributed by atoms with Crippen molar-refractivity contribution in [3.63, 3.8) is 0 Å². The summed E-state index contributed by atoms with van der Waals surface area (Å²) in [7, 11) is 1.90. The van der Waals surface area contributed by atoms with Crippen molar-refractivity contribution in [1.82, 2.24) is 9.55 Å². The second kappa shape index (κ2) is 6.41. The Hall–Kier alpha value is -2.35. The molecule has 0 aromatic carbocycles. The summed E-state index contributed by atoms with van der Waals surface area (Å²) in [6.07, 6.45) is 1.22. The smallest absolute Gasteiger partial charge is 0.413 e. The van der Waals surface area contributed by atoms with Crippen LogP contribution in [-0.4, -0.2) is 27.2 Å². The Morgan fingerprint density at radius 3 is 2.57 bits per heavy atom. The molecule has 124 valence electrons. The highest BCUT2D eigenvalue weighted by molar-refractivity contribution is 7.14. The molecule has 0 unspecified atom stereocenters. The Morgan fingerprint density at radius 2 is 2.00 bits per heavy atom. The second-order valence-electron chi connectivity index (χ2n) is 6.10. The largest absolute Gasteiger partial charge is 0.444 e. The van der Waals surface area contributed by atoms with Crippen molar-refractivity contribution in [2.45, 2.75) is 33.3 Å². The molecule has 2 aromatic rings. The molecule has 2 heterocycles. The number of aromatic nitrogens is 2. The van der Waals surface area contributed by atoms with E-state index < -0.39 is 11.7 Å². The number of carbonyl (C=O) groups is 2. The maximum absolute atomic E-state index is 12.1. The summed E-state index contributed by atoms with van der Waals surface area (Å²) in [6, 6.07) is 1.87. The number of amides is 2. The van der Waals surface area contributed by atoms with Crippen LogP contribution in [0.3, 0.4) is 0 Å². The summed E-state index contributed by atoms with van der Waals surface area (Å²) in [5.41, 5.74) is 1.38. The Bertz CT molecular complexity index is 708. The minimum atomic E-state index is -0.600. The predicted molar refractivity (Wildman–Crippen MR) is 90.1 cm³/mol. The number of anilines is 2. The number of hydrogen-bond acceptors (Lipinski definition) is 5. The molecule has 2 amide bonds.